The Bertz CT molecular complexity index is 592. The molecule has 2 aromatic heterocycles. The van der Waals surface area contributed by atoms with Crippen LogP contribution in [0.1, 0.15) is 42.8 Å². The Kier molecular flexibility index (Phi) is 3.74. The maximum atomic E-state index is 4.75. The number of aryl methyl sites for hydroxylation is 2. The molecule has 1 aliphatic carbocycles. The lowest BCUT2D eigenvalue weighted by Crippen LogP contribution is -2.25. The molecule has 2 heterocycles. The van der Waals surface area contributed by atoms with Gasteiger partial charge in [0.15, 0.2) is 5.82 Å². The van der Waals surface area contributed by atoms with E-state index in [9.17, 15) is 0 Å². The molecule has 1 unspecified atom stereocenters. The molecule has 3 rings (SSSR count). The summed E-state index contributed by atoms with van der Waals surface area (Å²) in [6, 6.07) is 4.45. The lowest BCUT2D eigenvalue weighted by Gasteiger charge is -2.25. The third-order valence-electron chi connectivity index (χ3n) is 3.80. The number of fused-ring (bicyclic) bond motifs is 1. The Labute approximate surface area is 119 Å². The van der Waals surface area contributed by atoms with Crippen molar-refractivity contribution in [2.75, 3.05) is 6.54 Å². The Hall–Kier alpha value is -1.81. The maximum absolute atomic E-state index is 4.75. The first-order chi connectivity index (χ1) is 9.78. The summed E-state index contributed by atoms with van der Waals surface area (Å²) in [5, 5.41) is 3.52. The molecule has 1 atom stereocenters. The van der Waals surface area contributed by atoms with Crippen molar-refractivity contribution >= 4 is 0 Å². The van der Waals surface area contributed by atoms with Crippen molar-refractivity contribution in [2.24, 2.45) is 0 Å². The Morgan fingerprint density at radius 3 is 2.90 bits per heavy atom. The molecular formula is C16H20N4. The minimum absolute atomic E-state index is 0.411. The van der Waals surface area contributed by atoms with Crippen LogP contribution in [0, 0.1) is 6.92 Å². The third kappa shape index (κ3) is 2.56. The molecule has 4 heteroatoms. The van der Waals surface area contributed by atoms with Gasteiger partial charge in [-0.25, -0.2) is 9.97 Å². The first-order valence-corrected chi connectivity index (χ1v) is 7.30. The maximum Gasteiger partial charge on any atom is 0.160 e. The molecule has 4 nitrogen and oxygen atoms in total. The Balaban J connectivity index is 1.94. The molecule has 0 aromatic carbocycles. The smallest absolute Gasteiger partial charge is 0.160 e. The molecule has 1 N–H and O–H groups in total. The van der Waals surface area contributed by atoms with Gasteiger partial charge in [-0.15, -0.1) is 0 Å². The summed E-state index contributed by atoms with van der Waals surface area (Å²) >= 11 is 0. The fourth-order valence-electron chi connectivity index (χ4n) is 2.74. The van der Waals surface area contributed by atoms with E-state index in [4.69, 9.17) is 4.98 Å². The van der Waals surface area contributed by atoms with Crippen LogP contribution in [-0.4, -0.2) is 21.5 Å². The van der Waals surface area contributed by atoms with E-state index in [1.807, 2.05) is 31.5 Å². The van der Waals surface area contributed by atoms with Crippen molar-refractivity contribution in [3.63, 3.8) is 0 Å². The monoisotopic (exact) mass is 268 g/mol. The number of hydrogen-bond donors (Lipinski definition) is 1. The predicted molar refractivity (Wildman–Crippen MR) is 79.4 cm³/mol. The van der Waals surface area contributed by atoms with Gasteiger partial charge in [0.25, 0.3) is 0 Å². The van der Waals surface area contributed by atoms with Crippen LogP contribution >= 0.6 is 0 Å². The first-order valence-electron chi connectivity index (χ1n) is 7.30. The van der Waals surface area contributed by atoms with Crippen LogP contribution in [0.2, 0.25) is 0 Å². The second kappa shape index (κ2) is 5.67. The van der Waals surface area contributed by atoms with Gasteiger partial charge in [-0.1, -0.05) is 6.92 Å². The highest BCUT2D eigenvalue weighted by atomic mass is 14.9. The molecule has 0 fully saturated rings. The van der Waals surface area contributed by atoms with Crippen LogP contribution in [0.4, 0.5) is 0 Å². The third-order valence-corrected chi connectivity index (χ3v) is 3.80. The van der Waals surface area contributed by atoms with Gasteiger partial charge in [0.05, 0.1) is 0 Å². The van der Waals surface area contributed by atoms with Gasteiger partial charge < -0.3 is 5.32 Å². The largest absolute Gasteiger partial charge is 0.310 e. The molecule has 104 valence electrons. The zero-order chi connectivity index (χ0) is 13.9. The van der Waals surface area contributed by atoms with E-state index in [0.717, 1.165) is 30.0 Å². The van der Waals surface area contributed by atoms with Crippen molar-refractivity contribution in [2.45, 2.75) is 39.2 Å². The summed E-state index contributed by atoms with van der Waals surface area (Å²) < 4.78 is 0. The summed E-state index contributed by atoms with van der Waals surface area (Å²) in [5.74, 6) is 0.786. The SMILES string of the molecule is CCNC1CCCc2nc(-c3ccc(C)nc3)ncc21. The van der Waals surface area contributed by atoms with E-state index in [-0.39, 0.29) is 0 Å². The molecule has 2 aromatic rings. The molecule has 0 radical (unpaired) electrons. The highest BCUT2D eigenvalue weighted by molar-refractivity contribution is 5.54. The van der Waals surface area contributed by atoms with Crippen molar-refractivity contribution in [1.82, 2.24) is 20.3 Å². The molecule has 20 heavy (non-hydrogen) atoms. The number of rotatable bonds is 3. The van der Waals surface area contributed by atoms with Gasteiger partial charge in [0.2, 0.25) is 0 Å². The predicted octanol–water partition coefficient (Wildman–Crippen LogP) is 2.83. The minimum Gasteiger partial charge on any atom is -0.310 e. The lowest BCUT2D eigenvalue weighted by molar-refractivity contribution is 0.464. The van der Waals surface area contributed by atoms with Gasteiger partial charge in [0, 0.05) is 41.0 Å². The number of nitrogens with zero attached hydrogens (tertiary/aromatic N) is 3. The molecule has 0 aliphatic heterocycles. The van der Waals surface area contributed by atoms with Gasteiger partial charge in [0.1, 0.15) is 0 Å². The average Bonchev–Trinajstić information content (AvgIpc) is 2.48. The van der Waals surface area contributed by atoms with Crippen LogP contribution in [0.25, 0.3) is 11.4 Å². The molecule has 0 amide bonds. The van der Waals surface area contributed by atoms with Crippen molar-refractivity contribution < 1.29 is 0 Å². The summed E-state index contributed by atoms with van der Waals surface area (Å²) in [6.07, 6.45) is 7.25. The van der Waals surface area contributed by atoms with Gasteiger partial charge >= 0.3 is 0 Å². The Morgan fingerprint density at radius 1 is 1.25 bits per heavy atom. The number of hydrogen-bond acceptors (Lipinski definition) is 4. The van der Waals surface area contributed by atoms with Crippen molar-refractivity contribution in [3.8, 4) is 11.4 Å². The molecular weight excluding hydrogens is 248 g/mol. The quantitative estimate of drug-likeness (QED) is 0.930. The Morgan fingerprint density at radius 2 is 2.15 bits per heavy atom. The molecule has 0 bridgehead atoms. The van der Waals surface area contributed by atoms with E-state index in [1.54, 1.807) is 0 Å². The van der Waals surface area contributed by atoms with Gasteiger partial charge in [-0.3, -0.25) is 4.98 Å². The minimum atomic E-state index is 0.411. The zero-order valence-corrected chi connectivity index (χ0v) is 12.1. The number of aromatic nitrogens is 3. The fourth-order valence-corrected chi connectivity index (χ4v) is 2.74. The second-order valence-electron chi connectivity index (χ2n) is 5.29. The molecule has 0 saturated heterocycles. The van der Waals surface area contributed by atoms with Crippen molar-refractivity contribution in [3.05, 3.63) is 41.5 Å². The summed E-state index contributed by atoms with van der Waals surface area (Å²) in [5.41, 5.74) is 4.46. The van der Waals surface area contributed by atoms with Crippen LogP contribution < -0.4 is 5.32 Å². The molecule has 0 spiro atoms. The summed E-state index contributed by atoms with van der Waals surface area (Å²) in [6.45, 7) is 5.10. The first kappa shape index (κ1) is 13.2. The normalized spacial score (nSPS) is 17.8. The second-order valence-corrected chi connectivity index (χ2v) is 5.29. The lowest BCUT2D eigenvalue weighted by atomic mass is 9.92. The highest BCUT2D eigenvalue weighted by Crippen LogP contribution is 2.29. The van der Waals surface area contributed by atoms with Gasteiger partial charge in [-0.2, -0.15) is 0 Å². The van der Waals surface area contributed by atoms with E-state index in [2.05, 4.69) is 22.2 Å². The molecule has 0 saturated carbocycles. The fraction of sp³-hybridized carbons (Fsp3) is 0.438. The molecule has 1 aliphatic rings. The van der Waals surface area contributed by atoms with E-state index in [1.165, 1.54) is 24.1 Å². The van der Waals surface area contributed by atoms with Crippen LogP contribution in [0.15, 0.2) is 24.5 Å². The van der Waals surface area contributed by atoms with Crippen LogP contribution in [0.3, 0.4) is 0 Å². The number of nitrogens with one attached hydrogen (secondary N) is 1. The zero-order valence-electron chi connectivity index (χ0n) is 12.1. The highest BCUT2D eigenvalue weighted by Gasteiger charge is 2.21. The van der Waals surface area contributed by atoms with E-state index >= 15 is 0 Å². The van der Waals surface area contributed by atoms with Crippen molar-refractivity contribution in [1.29, 1.82) is 0 Å². The average molecular weight is 268 g/mol. The van der Waals surface area contributed by atoms with Crippen LogP contribution in [-0.2, 0) is 6.42 Å². The topological polar surface area (TPSA) is 50.7 Å². The van der Waals surface area contributed by atoms with Crippen LogP contribution in [0.5, 0.6) is 0 Å². The summed E-state index contributed by atoms with van der Waals surface area (Å²) in [7, 11) is 0. The number of pyridine rings is 1. The standard InChI is InChI=1S/C16H20N4/c1-3-17-14-5-4-6-15-13(14)10-19-16(20-15)12-8-7-11(2)18-9-12/h7-10,14,17H,3-6H2,1-2H3. The van der Waals surface area contributed by atoms with Gasteiger partial charge in [-0.05, 0) is 44.9 Å². The van der Waals surface area contributed by atoms with E-state index < -0.39 is 0 Å². The van der Waals surface area contributed by atoms with E-state index in [0.29, 0.717) is 6.04 Å². The summed E-state index contributed by atoms with van der Waals surface area (Å²) in [4.78, 5) is 13.6.